The van der Waals surface area contributed by atoms with E-state index in [1.165, 1.54) is 65.5 Å². The Morgan fingerprint density at radius 3 is 2.21 bits per heavy atom. The van der Waals surface area contributed by atoms with Gasteiger partial charge in [-0.3, -0.25) is 9.54 Å². The molecule has 2 aromatic heterocycles. The average molecular weight is 627 g/mol. The molecule has 3 aromatic carbocycles. The van der Waals surface area contributed by atoms with Crippen LogP contribution < -0.4 is 5.73 Å². The predicted octanol–water partition coefficient (Wildman–Crippen LogP) is 6.38. The van der Waals surface area contributed by atoms with Crippen LogP contribution in [0.4, 0.5) is 28.6 Å². The number of nitrogens with two attached hydrogens (primary N) is 1. The second-order valence-electron chi connectivity index (χ2n) is 8.96. The van der Waals surface area contributed by atoms with Crippen molar-refractivity contribution in [2.75, 3.05) is 5.73 Å². The number of nitrogens with zero attached hydrogens (tertiary/aromatic N) is 7. The number of aromatic hydroxyl groups is 2. The van der Waals surface area contributed by atoms with E-state index in [9.17, 15) is 36.8 Å². The highest BCUT2D eigenvalue weighted by Crippen LogP contribution is 2.54. The van der Waals surface area contributed by atoms with Gasteiger partial charge < -0.3 is 29.6 Å². The van der Waals surface area contributed by atoms with E-state index >= 15 is 0 Å². The van der Waals surface area contributed by atoms with Gasteiger partial charge in [0.2, 0.25) is 0 Å². The van der Waals surface area contributed by atoms with E-state index in [1.54, 1.807) is 6.92 Å². The normalized spacial score (nSPS) is 13.0. The topological polar surface area (TPSA) is 262 Å². The number of phenols is 1. The van der Waals surface area contributed by atoms with Crippen LogP contribution in [0.3, 0.4) is 0 Å². The van der Waals surface area contributed by atoms with Gasteiger partial charge in [-0.15, -0.1) is 15.3 Å². The summed E-state index contributed by atoms with van der Waals surface area (Å²) in [5, 5.41) is 41.7. The fourth-order valence-electron chi connectivity index (χ4n) is 3.99. The molecule has 0 spiro atoms. The second kappa shape index (κ2) is 11.0. The molecule has 8 N–H and O–H groups in total. The molecule has 0 aliphatic carbocycles. The van der Waals surface area contributed by atoms with Gasteiger partial charge in [0.15, 0.2) is 23.0 Å². The molecular formula is C25H22N8O8S2. The summed E-state index contributed by atoms with van der Waals surface area (Å²) in [5.74, 6) is -0.795. The van der Waals surface area contributed by atoms with Gasteiger partial charge in [0.05, 0.1) is 33.1 Å². The quantitative estimate of drug-likeness (QED) is 0.0769. The van der Waals surface area contributed by atoms with Crippen molar-refractivity contribution >= 4 is 60.3 Å². The van der Waals surface area contributed by atoms with Gasteiger partial charge in [-0.1, -0.05) is 6.07 Å². The van der Waals surface area contributed by atoms with Crippen LogP contribution in [0.2, 0.25) is 0 Å². The molecule has 0 bridgehead atoms. The number of pyridine rings is 1. The lowest BCUT2D eigenvalue weighted by atomic mass is 10.1. The molecule has 5 aromatic rings. The Morgan fingerprint density at radius 2 is 1.56 bits per heavy atom. The lowest BCUT2D eigenvalue weighted by molar-refractivity contribution is 0.375. The van der Waals surface area contributed by atoms with Gasteiger partial charge in [0, 0.05) is 11.6 Å². The Hall–Kier alpha value is -4.98. The summed E-state index contributed by atoms with van der Waals surface area (Å²) in [7, 11) is -8.73. The zero-order valence-corrected chi connectivity index (χ0v) is 23.5. The predicted molar refractivity (Wildman–Crippen MR) is 156 cm³/mol. The number of aromatic nitrogens is 3. The summed E-state index contributed by atoms with van der Waals surface area (Å²) in [6.45, 7) is 1.63. The third-order valence-electron chi connectivity index (χ3n) is 6.07. The molecule has 43 heavy (non-hydrogen) atoms. The summed E-state index contributed by atoms with van der Waals surface area (Å²) in [5.41, 5.74) is 6.99. The van der Waals surface area contributed by atoms with Crippen molar-refractivity contribution in [2.45, 2.75) is 16.7 Å². The van der Waals surface area contributed by atoms with Gasteiger partial charge in [0.25, 0.3) is 10.1 Å². The van der Waals surface area contributed by atoms with Crippen LogP contribution in [0.25, 0.3) is 16.5 Å². The van der Waals surface area contributed by atoms with Crippen LogP contribution in [0, 0.1) is 6.92 Å². The number of hydrogen-bond acceptors (Lipinski definition) is 14. The molecule has 0 aliphatic heterocycles. The van der Waals surface area contributed by atoms with Crippen molar-refractivity contribution in [2.24, 2.45) is 20.5 Å². The van der Waals surface area contributed by atoms with Crippen molar-refractivity contribution in [3.05, 3.63) is 72.7 Å². The minimum absolute atomic E-state index is 0.0275. The summed E-state index contributed by atoms with van der Waals surface area (Å²) in [6.07, 6.45) is 2.45. The van der Waals surface area contributed by atoms with Crippen molar-refractivity contribution in [3.63, 3.8) is 0 Å². The molecule has 2 heterocycles. The third-order valence-corrected chi connectivity index (χ3v) is 7.84. The molecule has 0 atom stereocenters. The molecule has 0 saturated heterocycles. The molecule has 0 amide bonds. The molecular weight excluding hydrogens is 604 g/mol. The van der Waals surface area contributed by atoms with E-state index in [0.717, 1.165) is 6.20 Å². The second-order valence-corrected chi connectivity index (χ2v) is 11.9. The first-order chi connectivity index (χ1) is 20.2. The fourth-order valence-corrected chi connectivity index (χ4v) is 5.15. The Morgan fingerprint density at radius 1 is 0.860 bits per heavy atom. The highest BCUT2D eigenvalue weighted by Gasteiger charge is 2.25. The van der Waals surface area contributed by atoms with Crippen LogP contribution in [-0.2, 0) is 10.1 Å². The number of benzene rings is 3. The molecule has 0 unspecified atom stereocenters. The number of phenolic OH excluding ortho intramolecular Hbond substituents is 1. The van der Waals surface area contributed by atoms with Crippen molar-refractivity contribution in [1.29, 1.82) is 0 Å². The first-order valence-electron chi connectivity index (χ1n) is 11.9. The zero-order chi connectivity index (χ0) is 31.1. The van der Waals surface area contributed by atoms with Crippen LogP contribution in [0.15, 0.2) is 97.2 Å². The van der Waals surface area contributed by atoms with E-state index in [2.05, 4.69) is 30.5 Å². The number of nitrogen functional groups attached to an aromatic ring is 1. The lowest BCUT2D eigenvalue weighted by Crippen LogP contribution is -2.03. The van der Waals surface area contributed by atoms with Gasteiger partial charge >= 0.3 is 0 Å². The lowest BCUT2D eigenvalue weighted by Gasteiger charge is -2.22. The standard InChI is InChI=1S/C25H22N8O8S2/c1-13-22(25(26)33(32-13)16-4-6-17(7-5-16)42(36,37)38)30-28-15-3-2-14-10-21(43(39,40)41)23(24(35)18(14)11-15)31-29-19-8-9-27-12-20(19)34/h2-12,34-35,39-41H,26H2,1H3,(H,36,37,38). The minimum atomic E-state index is -4.38. The average Bonchev–Trinajstić information content (AvgIpc) is 3.23. The van der Waals surface area contributed by atoms with Crippen molar-refractivity contribution < 1.29 is 36.8 Å². The maximum absolute atomic E-state index is 11.3. The highest BCUT2D eigenvalue weighted by molar-refractivity contribution is 8.19. The van der Waals surface area contributed by atoms with Crippen LogP contribution in [-0.4, -0.2) is 51.6 Å². The SMILES string of the molecule is Cc1nn(-c2ccc(S(=O)(=O)O)cc2)c(N)c1N=Nc1ccc2cc(S(O)(O)O)c(N=Nc3ccncc3O)c(O)c2c1. The van der Waals surface area contributed by atoms with Crippen LogP contribution in [0.5, 0.6) is 11.5 Å². The van der Waals surface area contributed by atoms with Crippen molar-refractivity contribution in [3.8, 4) is 17.2 Å². The monoisotopic (exact) mass is 626 g/mol. The number of azo groups is 2. The Bertz CT molecular complexity index is 2040. The van der Waals surface area contributed by atoms with Crippen molar-refractivity contribution in [1.82, 2.24) is 14.8 Å². The molecule has 0 saturated carbocycles. The number of fused-ring (bicyclic) bond motifs is 1. The van der Waals surface area contributed by atoms with Gasteiger partial charge in [-0.25, -0.2) is 4.68 Å². The third kappa shape index (κ3) is 6.00. The van der Waals surface area contributed by atoms with Gasteiger partial charge in [-0.2, -0.15) is 18.6 Å². The molecule has 0 radical (unpaired) electrons. The molecule has 18 heteroatoms. The maximum Gasteiger partial charge on any atom is 0.294 e. The molecule has 0 fully saturated rings. The first kappa shape index (κ1) is 29.5. The summed E-state index contributed by atoms with van der Waals surface area (Å²) < 4.78 is 63.1. The van der Waals surface area contributed by atoms with Gasteiger partial charge in [0.1, 0.15) is 22.2 Å². The summed E-state index contributed by atoms with van der Waals surface area (Å²) >= 11 is 0. The van der Waals surface area contributed by atoms with E-state index in [-0.39, 0.29) is 38.9 Å². The molecule has 5 rings (SSSR count). The van der Waals surface area contributed by atoms with E-state index < -0.39 is 37.3 Å². The minimum Gasteiger partial charge on any atom is -0.505 e. The number of rotatable bonds is 7. The number of hydrogen-bond donors (Lipinski definition) is 7. The highest BCUT2D eigenvalue weighted by atomic mass is 32.3. The molecule has 0 aliphatic rings. The zero-order valence-electron chi connectivity index (χ0n) is 21.9. The van der Waals surface area contributed by atoms with E-state index in [4.69, 9.17) is 5.73 Å². The molecule has 222 valence electrons. The van der Waals surface area contributed by atoms with Gasteiger partial charge in [-0.05, 0) is 60.8 Å². The summed E-state index contributed by atoms with van der Waals surface area (Å²) in [6, 6.07) is 12.2. The fraction of sp³-hybridized carbons (Fsp3) is 0.0400. The largest absolute Gasteiger partial charge is 0.505 e. The van der Waals surface area contributed by atoms with E-state index in [0.29, 0.717) is 16.8 Å². The number of aryl methyl sites for hydroxylation is 1. The smallest absolute Gasteiger partial charge is 0.294 e. The Labute approximate surface area is 244 Å². The Kier molecular flexibility index (Phi) is 7.56. The van der Waals surface area contributed by atoms with Crippen LogP contribution in [0.1, 0.15) is 5.69 Å². The maximum atomic E-state index is 11.3. The molecule has 16 nitrogen and oxygen atoms in total. The Balaban J connectivity index is 1.52. The van der Waals surface area contributed by atoms with E-state index in [1.807, 2.05) is 0 Å². The number of anilines is 1. The van der Waals surface area contributed by atoms with Crippen LogP contribution >= 0.6 is 10.9 Å². The summed E-state index contributed by atoms with van der Waals surface area (Å²) in [4.78, 5) is 2.93. The first-order valence-corrected chi connectivity index (χ1v) is 14.9.